The number of hydrogen-bond acceptors (Lipinski definition) is 7. The number of carbonyl (C=O) groups excluding carboxylic acids is 3. The van der Waals surface area contributed by atoms with Gasteiger partial charge in [-0.1, -0.05) is 72.8 Å². The minimum Gasteiger partial charge on any atom is -0.469 e. The standard InChI is InChI=1S/C49H68N4O5/c1-11-36-30(6)39-26-43-45(33(9)54)32(8)41(52-43)25-40-31(7)37(18-19-44(55)58-21-20-29(5)17-13-16-28(4)15-12-14-27(2)3)48(53-40)46-38(49(56)57-10)23-34-22-35(50-47(34)46)24-42(36)51-39/h20,22,24-28,30-31,36-38,50-53H,11-19,21,23H2,1-10H3/t28?,30-,31+,36-,37+,38+/m1/s1. The molecule has 9 heteroatoms. The van der Waals surface area contributed by atoms with Crippen LogP contribution < -0.4 is 10.6 Å². The molecule has 2 saturated heterocycles. The summed E-state index contributed by atoms with van der Waals surface area (Å²) in [6.07, 6.45) is 18.0. The number of carbonyl (C=O) groups is 3. The molecule has 0 saturated carbocycles. The minimum absolute atomic E-state index is 0.00779. The van der Waals surface area contributed by atoms with Crippen molar-refractivity contribution in [3.05, 3.63) is 80.0 Å². The summed E-state index contributed by atoms with van der Waals surface area (Å²) >= 11 is 0. The molecular formula is C49H68N4O5. The van der Waals surface area contributed by atoms with E-state index in [0.29, 0.717) is 18.4 Å². The third-order valence-electron chi connectivity index (χ3n) is 13.4. The Morgan fingerprint density at radius 3 is 2.29 bits per heavy atom. The highest BCUT2D eigenvalue weighted by Gasteiger charge is 2.43. The van der Waals surface area contributed by atoms with E-state index in [4.69, 9.17) is 9.47 Å². The summed E-state index contributed by atoms with van der Waals surface area (Å²) in [5.74, 6) is 0.906. The van der Waals surface area contributed by atoms with Gasteiger partial charge in [-0.3, -0.25) is 14.4 Å². The van der Waals surface area contributed by atoms with E-state index in [1.54, 1.807) is 6.92 Å². The van der Waals surface area contributed by atoms with Gasteiger partial charge in [0, 0.05) is 81.1 Å². The highest BCUT2D eigenvalue weighted by atomic mass is 16.5. The fourth-order valence-electron chi connectivity index (χ4n) is 9.86. The number of H-pyrrole nitrogens is 2. The Morgan fingerprint density at radius 1 is 0.879 bits per heavy atom. The molecule has 8 bridgehead atoms. The Bertz CT molecular complexity index is 2030. The lowest BCUT2D eigenvalue weighted by atomic mass is 9.85. The van der Waals surface area contributed by atoms with Gasteiger partial charge in [-0.2, -0.15) is 0 Å². The summed E-state index contributed by atoms with van der Waals surface area (Å²) in [5, 5.41) is 7.49. The second kappa shape index (κ2) is 18.6. The third-order valence-corrected chi connectivity index (χ3v) is 13.4. The van der Waals surface area contributed by atoms with Crippen molar-refractivity contribution < 1.29 is 23.9 Å². The fourth-order valence-corrected chi connectivity index (χ4v) is 9.86. The van der Waals surface area contributed by atoms with Crippen molar-refractivity contribution in [2.75, 3.05) is 13.7 Å². The van der Waals surface area contributed by atoms with Crippen LogP contribution in [0.4, 0.5) is 0 Å². The molecule has 0 aromatic carbocycles. The number of methoxy groups -OCH3 is 1. The highest BCUT2D eigenvalue weighted by molar-refractivity contribution is 6.00. The van der Waals surface area contributed by atoms with E-state index in [1.807, 2.05) is 6.92 Å². The third kappa shape index (κ3) is 9.34. The molecule has 3 aliphatic heterocycles. The van der Waals surface area contributed by atoms with Crippen LogP contribution in [0.5, 0.6) is 0 Å². The highest BCUT2D eigenvalue weighted by Crippen LogP contribution is 2.48. The SMILES string of the molecule is CC[C@H]1C2=Cc3cc4c([nH]3)C(=C3NC(=Cc5[nH]c(c(C(C)=O)c5C)C=C(N2)[C@@H]1C)[C@@H](C)[C@@H]3CCC(=O)OCC=C(C)CCCC(C)CCCC(C)C)[C@@H](C(=O)OC)C4. The predicted octanol–water partition coefficient (Wildman–Crippen LogP) is 10.7. The number of nitrogens with one attached hydrogen (secondary N) is 4. The lowest BCUT2D eigenvalue weighted by molar-refractivity contribution is -0.144. The van der Waals surface area contributed by atoms with Crippen molar-refractivity contribution in [1.82, 2.24) is 20.6 Å². The van der Waals surface area contributed by atoms with Crippen LogP contribution in [0.2, 0.25) is 0 Å². The Hall–Kier alpha value is -4.53. The van der Waals surface area contributed by atoms with Gasteiger partial charge >= 0.3 is 11.9 Å². The zero-order valence-electron chi connectivity index (χ0n) is 36.7. The number of aromatic nitrogens is 2. The predicted molar refractivity (Wildman–Crippen MR) is 234 cm³/mol. The second-order valence-electron chi connectivity index (χ2n) is 18.1. The molecule has 5 heterocycles. The maximum atomic E-state index is 13.5. The molecule has 0 radical (unpaired) electrons. The number of rotatable bonds is 16. The second-order valence-corrected chi connectivity index (χ2v) is 18.1. The van der Waals surface area contributed by atoms with Gasteiger partial charge in [0.15, 0.2) is 5.78 Å². The topological polar surface area (TPSA) is 125 Å². The van der Waals surface area contributed by atoms with E-state index in [1.165, 1.54) is 38.4 Å². The van der Waals surface area contributed by atoms with E-state index >= 15 is 0 Å². The molecule has 4 aliphatic rings. The first-order chi connectivity index (χ1) is 27.7. The number of Topliss-reactive ketones (excluding diaryl/α,β-unsaturated/α-hetero) is 1. The summed E-state index contributed by atoms with van der Waals surface area (Å²) in [4.78, 5) is 47.3. The van der Waals surface area contributed by atoms with E-state index in [2.05, 4.69) is 99.4 Å². The summed E-state index contributed by atoms with van der Waals surface area (Å²) in [5.41, 5.74) is 12.5. The summed E-state index contributed by atoms with van der Waals surface area (Å²) in [6.45, 7) is 19.6. The number of aromatic amines is 2. The van der Waals surface area contributed by atoms with Gasteiger partial charge in [-0.25, -0.2) is 0 Å². The molecule has 0 amide bonds. The van der Waals surface area contributed by atoms with Crippen LogP contribution in [-0.4, -0.2) is 41.4 Å². The molecule has 2 aromatic rings. The quantitative estimate of drug-likeness (QED) is 0.0758. The first-order valence-corrected chi connectivity index (χ1v) is 22.0. The monoisotopic (exact) mass is 793 g/mol. The Kier molecular flexibility index (Phi) is 13.8. The number of ketones is 1. The van der Waals surface area contributed by atoms with Crippen molar-refractivity contribution in [2.24, 2.45) is 41.4 Å². The molecule has 1 unspecified atom stereocenters. The van der Waals surface area contributed by atoms with Crippen LogP contribution in [0, 0.1) is 48.3 Å². The molecule has 1 aliphatic carbocycles. The van der Waals surface area contributed by atoms with Gasteiger partial charge in [-0.15, -0.1) is 0 Å². The Balaban J connectivity index is 1.28. The Labute approximate surface area is 346 Å². The van der Waals surface area contributed by atoms with Gasteiger partial charge in [0.1, 0.15) is 6.61 Å². The first-order valence-electron chi connectivity index (χ1n) is 22.0. The normalized spacial score (nSPS) is 23.0. The fraction of sp³-hybridized carbons (Fsp3) is 0.571. The molecule has 2 fully saturated rings. The molecule has 6 atom stereocenters. The zero-order valence-corrected chi connectivity index (χ0v) is 36.7. The largest absolute Gasteiger partial charge is 0.469 e. The molecule has 58 heavy (non-hydrogen) atoms. The number of hydrogen-bond donors (Lipinski definition) is 4. The van der Waals surface area contributed by atoms with E-state index in [-0.39, 0.29) is 54.4 Å². The zero-order chi connectivity index (χ0) is 41.8. The average Bonchev–Trinajstić information content (AvgIpc) is 3.94. The summed E-state index contributed by atoms with van der Waals surface area (Å²) in [6, 6.07) is 2.16. The van der Waals surface area contributed by atoms with Gasteiger partial charge in [0.05, 0.1) is 18.7 Å². The van der Waals surface area contributed by atoms with Crippen LogP contribution in [0.15, 0.2) is 40.5 Å². The molecule has 314 valence electrons. The van der Waals surface area contributed by atoms with Crippen molar-refractivity contribution >= 4 is 41.5 Å². The molecule has 4 N–H and O–H groups in total. The molecule has 9 nitrogen and oxygen atoms in total. The number of fused-ring (bicyclic) bond motifs is 7. The molecule has 6 rings (SSSR count). The molecule has 2 aromatic heterocycles. The molecule has 0 spiro atoms. The lowest BCUT2D eigenvalue weighted by Gasteiger charge is -2.20. The van der Waals surface area contributed by atoms with E-state index in [9.17, 15) is 14.4 Å². The number of ether oxygens (including phenoxy) is 2. The van der Waals surface area contributed by atoms with Gasteiger partial charge in [0.25, 0.3) is 0 Å². The lowest BCUT2D eigenvalue weighted by Crippen LogP contribution is -2.21. The maximum absolute atomic E-state index is 13.5. The van der Waals surface area contributed by atoms with E-state index in [0.717, 1.165) is 93.4 Å². The first kappa shape index (κ1) is 43.1. The van der Waals surface area contributed by atoms with Crippen LogP contribution in [0.25, 0.3) is 23.8 Å². The summed E-state index contributed by atoms with van der Waals surface area (Å²) < 4.78 is 11.2. The van der Waals surface area contributed by atoms with Crippen molar-refractivity contribution in [1.29, 1.82) is 0 Å². The smallest absolute Gasteiger partial charge is 0.313 e. The van der Waals surface area contributed by atoms with Crippen molar-refractivity contribution in [2.45, 2.75) is 127 Å². The van der Waals surface area contributed by atoms with Crippen LogP contribution in [0.3, 0.4) is 0 Å². The summed E-state index contributed by atoms with van der Waals surface area (Å²) in [7, 11) is 1.45. The number of allylic oxidation sites excluding steroid dienone is 5. The van der Waals surface area contributed by atoms with Crippen LogP contribution in [-0.2, 0) is 25.5 Å². The molecular weight excluding hydrogens is 725 g/mol. The Morgan fingerprint density at radius 2 is 1.59 bits per heavy atom. The minimum atomic E-state index is -0.489. The van der Waals surface area contributed by atoms with E-state index < -0.39 is 5.92 Å². The van der Waals surface area contributed by atoms with Crippen molar-refractivity contribution in [3.63, 3.8) is 0 Å². The van der Waals surface area contributed by atoms with Gasteiger partial charge in [-0.05, 0) is 106 Å². The van der Waals surface area contributed by atoms with Crippen molar-refractivity contribution in [3.8, 4) is 0 Å². The van der Waals surface area contributed by atoms with Gasteiger partial charge in [0.2, 0.25) is 0 Å². The van der Waals surface area contributed by atoms with Crippen LogP contribution in [0.1, 0.15) is 157 Å². The average molecular weight is 793 g/mol. The van der Waals surface area contributed by atoms with Gasteiger partial charge < -0.3 is 30.1 Å². The number of esters is 2. The maximum Gasteiger partial charge on any atom is 0.313 e. The van der Waals surface area contributed by atoms with Crippen LogP contribution >= 0.6 is 0 Å².